The first kappa shape index (κ1) is 32.7. The lowest BCUT2D eigenvalue weighted by molar-refractivity contribution is -0.140. The number of carbonyl (C=O) groups excluding carboxylic acids is 2. The number of nitrogens with zero attached hydrogens (tertiary/aromatic N) is 3. The number of hydrogen-bond donors (Lipinski definition) is 1. The largest absolute Gasteiger partial charge is 0.352 e. The third kappa shape index (κ3) is 8.26. The van der Waals surface area contributed by atoms with Gasteiger partial charge in [0.25, 0.3) is 0 Å². The van der Waals surface area contributed by atoms with Crippen molar-refractivity contribution >= 4 is 50.9 Å². The standard InChI is InChI=1S/C31H35Cl2FN4O4S/c1-36(2)43(41,42)38(28-15-9-8-14-27(28)34)21-30(39)37(20-23-16-17-24(32)19-26(23)33)29(18-22-10-4-3-5-11-22)31(40)35-25-12-6-7-13-25/h3-5,8-11,14-17,19,25,29H,6-7,12-13,18,20-21H2,1-2H3,(H,35,40). The van der Waals surface area contributed by atoms with Crippen LogP contribution in [-0.4, -0.2) is 62.2 Å². The molecule has 2 amide bonds. The number of rotatable bonds is 12. The summed E-state index contributed by atoms with van der Waals surface area (Å²) in [4.78, 5) is 29.6. The minimum Gasteiger partial charge on any atom is -0.352 e. The van der Waals surface area contributed by atoms with Gasteiger partial charge in [0, 0.05) is 43.1 Å². The summed E-state index contributed by atoms with van der Waals surface area (Å²) in [6.07, 6.45) is 3.83. The number of hydrogen-bond acceptors (Lipinski definition) is 4. The van der Waals surface area contributed by atoms with Gasteiger partial charge in [0.2, 0.25) is 11.8 Å². The Morgan fingerprint density at radius 2 is 1.63 bits per heavy atom. The van der Waals surface area contributed by atoms with E-state index in [0.717, 1.165) is 45.9 Å². The third-order valence-electron chi connectivity index (χ3n) is 7.47. The van der Waals surface area contributed by atoms with Crippen LogP contribution in [0.15, 0.2) is 72.8 Å². The summed E-state index contributed by atoms with van der Waals surface area (Å²) in [5.74, 6) is -1.88. The van der Waals surface area contributed by atoms with Crippen LogP contribution in [0, 0.1) is 5.82 Å². The molecule has 0 heterocycles. The number of anilines is 1. The molecule has 230 valence electrons. The van der Waals surface area contributed by atoms with Gasteiger partial charge >= 0.3 is 10.2 Å². The van der Waals surface area contributed by atoms with Crippen LogP contribution in [0.5, 0.6) is 0 Å². The maximum absolute atomic E-state index is 15.0. The Labute approximate surface area is 262 Å². The second-order valence-corrected chi connectivity index (χ2v) is 13.6. The Morgan fingerprint density at radius 1 is 0.977 bits per heavy atom. The van der Waals surface area contributed by atoms with Crippen molar-refractivity contribution in [3.05, 3.63) is 99.8 Å². The van der Waals surface area contributed by atoms with Crippen molar-refractivity contribution in [3.8, 4) is 0 Å². The van der Waals surface area contributed by atoms with Gasteiger partial charge in [0.15, 0.2) is 0 Å². The first-order valence-corrected chi connectivity index (χ1v) is 16.1. The number of carbonyl (C=O) groups is 2. The predicted molar refractivity (Wildman–Crippen MR) is 168 cm³/mol. The zero-order valence-corrected chi connectivity index (χ0v) is 26.4. The Kier molecular flexibility index (Phi) is 11.1. The van der Waals surface area contributed by atoms with E-state index in [0.29, 0.717) is 10.6 Å². The second kappa shape index (κ2) is 14.5. The van der Waals surface area contributed by atoms with Gasteiger partial charge in [-0.25, -0.2) is 8.70 Å². The summed E-state index contributed by atoms with van der Waals surface area (Å²) >= 11 is 12.6. The summed E-state index contributed by atoms with van der Waals surface area (Å²) < 4.78 is 43.4. The van der Waals surface area contributed by atoms with Gasteiger partial charge in [-0.05, 0) is 48.2 Å². The van der Waals surface area contributed by atoms with Crippen LogP contribution in [0.2, 0.25) is 10.0 Å². The van der Waals surface area contributed by atoms with E-state index >= 15 is 0 Å². The van der Waals surface area contributed by atoms with Gasteiger partial charge < -0.3 is 10.2 Å². The molecular formula is C31H35Cl2FN4O4S. The molecule has 0 bridgehead atoms. The lowest BCUT2D eigenvalue weighted by Gasteiger charge is -2.35. The molecule has 12 heteroatoms. The molecule has 43 heavy (non-hydrogen) atoms. The zero-order valence-electron chi connectivity index (χ0n) is 24.0. The van der Waals surface area contributed by atoms with Gasteiger partial charge in [0.1, 0.15) is 18.4 Å². The molecule has 1 unspecified atom stereocenters. The number of halogens is 3. The Bertz CT molecular complexity index is 1540. The average Bonchev–Trinajstić information content (AvgIpc) is 3.48. The van der Waals surface area contributed by atoms with Gasteiger partial charge in [-0.1, -0.05) is 84.6 Å². The van der Waals surface area contributed by atoms with E-state index in [2.05, 4.69) is 5.32 Å². The summed E-state index contributed by atoms with van der Waals surface area (Å²) in [6.45, 7) is -0.869. The Hall–Kier alpha value is -3.18. The fraction of sp³-hybridized carbons (Fsp3) is 0.355. The lowest BCUT2D eigenvalue weighted by atomic mass is 10.0. The van der Waals surface area contributed by atoms with Crippen LogP contribution in [0.4, 0.5) is 10.1 Å². The molecule has 1 aliphatic rings. The molecule has 4 rings (SSSR count). The monoisotopic (exact) mass is 648 g/mol. The highest BCUT2D eigenvalue weighted by atomic mass is 35.5. The minimum atomic E-state index is -4.32. The molecule has 8 nitrogen and oxygen atoms in total. The molecule has 1 N–H and O–H groups in total. The smallest absolute Gasteiger partial charge is 0.304 e. The number of amides is 2. The summed E-state index contributed by atoms with van der Waals surface area (Å²) in [6, 6.07) is 18.3. The van der Waals surface area contributed by atoms with Gasteiger partial charge in [-0.15, -0.1) is 0 Å². The van der Waals surface area contributed by atoms with E-state index in [1.165, 1.54) is 43.3 Å². The number of para-hydroxylation sites is 1. The highest BCUT2D eigenvalue weighted by Gasteiger charge is 2.36. The summed E-state index contributed by atoms with van der Waals surface area (Å²) in [7, 11) is -1.72. The van der Waals surface area contributed by atoms with Gasteiger partial charge in [-0.3, -0.25) is 9.59 Å². The van der Waals surface area contributed by atoms with E-state index in [4.69, 9.17) is 23.2 Å². The Balaban J connectivity index is 1.78. The topological polar surface area (TPSA) is 90.0 Å². The fourth-order valence-corrected chi connectivity index (χ4v) is 6.64. The van der Waals surface area contributed by atoms with Crippen LogP contribution < -0.4 is 9.62 Å². The van der Waals surface area contributed by atoms with E-state index in [1.54, 1.807) is 12.1 Å². The molecule has 3 aromatic carbocycles. The molecule has 1 atom stereocenters. The molecule has 0 radical (unpaired) electrons. The normalized spacial score (nSPS) is 14.5. The van der Waals surface area contributed by atoms with E-state index < -0.39 is 34.5 Å². The molecule has 1 aliphatic carbocycles. The maximum atomic E-state index is 15.0. The molecule has 1 fully saturated rings. The van der Waals surface area contributed by atoms with Crippen molar-refractivity contribution in [2.24, 2.45) is 0 Å². The summed E-state index contributed by atoms with van der Waals surface area (Å²) in [5, 5.41) is 3.78. The number of nitrogens with one attached hydrogen (secondary N) is 1. The lowest BCUT2D eigenvalue weighted by Crippen LogP contribution is -2.55. The van der Waals surface area contributed by atoms with E-state index in [9.17, 15) is 22.4 Å². The van der Waals surface area contributed by atoms with Gasteiger partial charge in [0.05, 0.1) is 5.69 Å². The second-order valence-electron chi connectivity index (χ2n) is 10.7. The third-order valence-corrected chi connectivity index (χ3v) is 9.86. The molecule has 0 aromatic heterocycles. The quantitative estimate of drug-likeness (QED) is 0.283. The van der Waals surface area contributed by atoms with Crippen LogP contribution in [0.1, 0.15) is 36.8 Å². The number of benzene rings is 3. The van der Waals surface area contributed by atoms with Crippen molar-refractivity contribution in [2.75, 3.05) is 24.9 Å². The van der Waals surface area contributed by atoms with Crippen LogP contribution in [0.3, 0.4) is 0 Å². The SMILES string of the molecule is CN(C)S(=O)(=O)N(CC(=O)N(Cc1ccc(Cl)cc1Cl)C(Cc1ccccc1)C(=O)NC1CCCC1)c1ccccc1F. The molecule has 3 aromatic rings. The molecular weight excluding hydrogens is 614 g/mol. The first-order valence-electron chi connectivity index (χ1n) is 14.0. The van der Waals surface area contributed by atoms with Crippen LogP contribution in [0.25, 0.3) is 0 Å². The predicted octanol–water partition coefficient (Wildman–Crippen LogP) is 5.44. The summed E-state index contributed by atoms with van der Waals surface area (Å²) in [5.41, 5.74) is 1.03. The Morgan fingerprint density at radius 3 is 2.26 bits per heavy atom. The first-order chi connectivity index (χ1) is 20.5. The molecule has 0 spiro atoms. The molecule has 0 saturated heterocycles. The van der Waals surface area contributed by atoms with Crippen LogP contribution in [-0.2, 0) is 32.8 Å². The van der Waals surface area contributed by atoms with Crippen LogP contribution >= 0.6 is 23.2 Å². The van der Waals surface area contributed by atoms with Crippen molar-refractivity contribution in [3.63, 3.8) is 0 Å². The van der Waals surface area contributed by atoms with E-state index in [-0.39, 0.29) is 35.6 Å². The highest BCUT2D eigenvalue weighted by Crippen LogP contribution is 2.27. The van der Waals surface area contributed by atoms with Gasteiger partial charge in [-0.2, -0.15) is 12.7 Å². The molecule has 1 saturated carbocycles. The van der Waals surface area contributed by atoms with Crippen molar-refractivity contribution < 1.29 is 22.4 Å². The zero-order chi connectivity index (χ0) is 31.1. The van der Waals surface area contributed by atoms with Crippen molar-refractivity contribution in [1.82, 2.24) is 14.5 Å². The molecule has 0 aliphatic heterocycles. The maximum Gasteiger partial charge on any atom is 0.304 e. The van der Waals surface area contributed by atoms with Crippen molar-refractivity contribution in [2.45, 2.75) is 50.7 Å². The average molecular weight is 650 g/mol. The minimum absolute atomic E-state index is 0.0223. The fourth-order valence-electron chi connectivity index (χ4n) is 5.11. The van der Waals surface area contributed by atoms with E-state index in [1.807, 2.05) is 30.3 Å². The van der Waals surface area contributed by atoms with Crippen molar-refractivity contribution in [1.29, 1.82) is 0 Å². The highest BCUT2D eigenvalue weighted by molar-refractivity contribution is 7.90.